The monoisotopic (exact) mass is 465 g/mol. The number of benzene rings is 1. The summed E-state index contributed by atoms with van der Waals surface area (Å²) in [4.78, 5) is 24.7. The summed E-state index contributed by atoms with van der Waals surface area (Å²) in [6.07, 6.45) is 3.89. The van der Waals surface area contributed by atoms with E-state index in [2.05, 4.69) is 5.10 Å². The number of carboxylic acid groups (broad SMARTS) is 1. The Bertz CT molecular complexity index is 1210. The molecule has 0 aliphatic heterocycles. The molecule has 1 aromatic carbocycles. The lowest BCUT2D eigenvalue weighted by Crippen LogP contribution is -2.24. The fourth-order valence-corrected chi connectivity index (χ4v) is 4.23. The topological polar surface area (TPSA) is 77.1 Å². The summed E-state index contributed by atoms with van der Waals surface area (Å²) in [5, 5.41) is 15.5. The quantitative estimate of drug-likeness (QED) is 0.533. The van der Waals surface area contributed by atoms with Crippen molar-refractivity contribution in [2.24, 2.45) is 0 Å². The van der Waals surface area contributed by atoms with E-state index in [1.54, 1.807) is 33.6 Å². The Morgan fingerprint density at radius 2 is 1.90 bits per heavy atom. The first-order chi connectivity index (χ1) is 14.3. The van der Waals surface area contributed by atoms with Crippen LogP contribution in [-0.2, 0) is 13.1 Å². The van der Waals surface area contributed by atoms with Crippen molar-refractivity contribution in [2.45, 2.75) is 38.8 Å². The van der Waals surface area contributed by atoms with Crippen molar-refractivity contribution in [1.82, 2.24) is 14.3 Å². The average molecular weight is 467 g/mol. The Labute approximate surface area is 187 Å². The van der Waals surface area contributed by atoms with Crippen molar-refractivity contribution in [3.63, 3.8) is 0 Å². The maximum absolute atomic E-state index is 12.8. The number of rotatable bonds is 6. The number of halogens is 3. The molecular weight excluding hydrogens is 449 g/mol. The van der Waals surface area contributed by atoms with E-state index in [-0.39, 0.29) is 22.8 Å². The van der Waals surface area contributed by atoms with Gasteiger partial charge >= 0.3 is 5.97 Å². The van der Waals surface area contributed by atoms with Gasteiger partial charge in [0.15, 0.2) is 5.43 Å². The SMILES string of the molecule is CCn1c(Cn2cc(Cl)c(C3CC3)n2)cc(=O)c(C(=O)O)c1-c1ccc(Cl)c(Cl)c1. The van der Waals surface area contributed by atoms with Crippen molar-refractivity contribution in [3.05, 3.63) is 72.7 Å². The fourth-order valence-electron chi connectivity index (χ4n) is 3.63. The number of pyridine rings is 1. The highest BCUT2D eigenvalue weighted by molar-refractivity contribution is 6.42. The highest BCUT2D eigenvalue weighted by Crippen LogP contribution is 2.42. The van der Waals surface area contributed by atoms with E-state index in [9.17, 15) is 14.7 Å². The summed E-state index contributed by atoms with van der Waals surface area (Å²) < 4.78 is 3.48. The van der Waals surface area contributed by atoms with Crippen LogP contribution in [0.2, 0.25) is 15.1 Å². The predicted molar refractivity (Wildman–Crippen MR) is 117 cm³/mol. The molecule has 2 heterocycles. The van der Waals surface area contributed by atoms with Crippen molar-refractivity contribution in [1.29, 1.82) is 0 Å². The van der Waals surface area contributed by atoms with E-state index in [4.69, 9.17) is 34.8 Å². The lowest BCUT2D eigenvalue weighted by molar-refractivity contribution is 0.0695. The third-order valence-corrected chi connectivity index (χ3v) is 6.18. The molecule has 0 radical (unpaired) electrons. The van der Waals surface area contributed by atoms with Crippen LogP contribution < -0.4 is 5.43 Å². The number of aromatic carboxylic acids is 1. The fraction of sp³-hybridized carbons (Fsp3) is 0.286. The molecule has 2 aromatic heterocycles. The molecule has 156 valence electrons. The zero-order valence-electron chi connectivity index (χ0n) is 16.0. The van der Waals surface area contributed by atoms with Crippen LogP contribution in [0, 0.1) is 0 Å². The third-order valence-electron chi connectivity index (χ3n) is 5.15. The molecule has 9 heteroatoms. The molecule has 0 bridgehead atoms. The Hall–Kier alpha value is -2.28. The van der Waals surface area contributed by atoms with E-state index >= 15 is 0 Å². The highest BCUT2D eigenvalue weighted by Gasteiger charge is 2.29. The zero-order chi connectivity index (χ0) is 21.6. The van der Waals surface area contributed by atoms with Crippen LogP contribution in [-0.4, -0.2) is 25.4 Å². The summed E-state index contributed by atoms with van der Waals surface area (Å²) in [6.45, 7) is 2.60. The average Bonchev–Trinajstić information content (AvgIpc) is 3.46. The van der Waals surface area contributed by atoms with Gasteiger partial charge < -0.3 is 9.67 Å². The molecule has 1 N–H and O–H groups in total. The molecule has 6 nitrogen and oxygen atoms in total. The van der Waals surface area contributed by atoms with Crippen molar-refractivity contribution in [2.75, 3.05) is 0 Å². The molecule has 0 saturated heterocycles. The number of carboxylic acids is 1. The molecule has 30 heavy (non-hydrogen) atoms. The van der Waals surface area contributed by atoms with Gasteiger partial charge in [0, 0.05) is 36.0 Å². The molecule has 3 aromatic rings. The van der Waals surface area contributed by atoms with Gasteiger partial charge in [-0.05, 0) is 31.9 Å². The second-order valence-corrected chi connectivity index (χ2v) is 8.46. The minimum atomic E-state index is -1.30. The van der Waals surface area contributed by atoms with Gasteiger partial charge in [0.1, 0.15) is 5.56 Å². The number of aromatic nitrogens is 3. The number of hydrogen-bond donors (Lipinski definition) is 1. The second kappa shape index (κ2) is 8.10. The van der Waals surface area contributed by atoms with Crippen LogP contribution in [0.4, 0.5) is 0 Å². The van der Waals surface area contributed by atoms with E-state index in [1.807, 2.05) is 6.92 Å². The van der Waals surface area contributed by atoms with Crippen LogP contribution in [0.3, 0.4) is 0 Å². The van der Waals surface area contributed by atoms with Crippen LogP contribution >= 0.6 is 34.8 Å². The van der Waals surface area contributed by atoms with Gasteiger partial charge in [-0.3, -0.25) is 9.48 Å². The Balaban J connectivity index is 1.88. The number of carbonyl (C=O) groups is 1. The molecule has 1 aliphatic carbocycles. The van der Waals surface area contributed by atoms with Gasteiger partial charge in [0.25, 0.3) is 0 Å². The summed E-state index contributed by atoms with van der Waals surface area (Å²) in [5.74, 6) is -0.902. The molecular formula is C21H18Cl3N3O3. The molecule has 0 amide bonds. The van der Waals surface area contributed by atoms with Crippen molar-refractivity contribution in [3.8, 4) is 11.3 Å². The van der Waals surface area contributed by atoms with Crippen LogP contribution in [0.25, 0.3) is 11.3 Å². The molecule has 1 fully saturated rings. The smallest absolute Gasteiger partial charge is 0.341 e. The normalized spacial score (nSPS) is 13.6. The van der Waals surface area contributed by atoms with Crippen molar-refractivity contribution < 1.29 is 9.90 Å². The first kappa shape index (κ1) is 21.0. The minimum Gasteiger partial charge on any atom is -0.477 e. The lowest BCUT2D eigenvalue weighted by atomic mass is 10.0. The summed E-state index contributed by atoms with van der Waals surface area (Å²) in [5.41, 5.74) is 1.38. The van der Waals surface area contributed by atoms with Gasteiger partial charge in [-0.2, -0.15) is 5.10 Å². The zero-order valence-corrected chi connectivity index (χ0v) is 18.3. The van der Waals surface area contributed by atoms with Gasteiger partial charge in [0.2, 0.25) is 0 Å². The second-order valence-electron chi connectivity index (χ2n) is 7.24. The van der Waals surface area contributed by atoms with E-state index < -0.39 is 11.4 Å². The predicted octanol–water partition coefficient (Wildman–Crippen LogP) is 5.32. The number of nitrogens with zero attached hydrogens (tertiary/aromatic N) is 3. The maximum Gasteiger partial charge on any atom is 0.341 e. The first-order valence-electron chi connectivity index (χ1n) is 9.48. The summed E-state index contributed by atoms with van der Waals surface area (Å²) >= 11 is 18.5. The van der Waals surface area contributed by atoms with E-state index in [0.717, 1.165) is 18.5 Å². The van der Waals surface area contributed by atoms with Gasteiger partial charge in [-0.25, -0.2) is 4.79 Å². The molecule has 4 rings (SSSR count). The van der Waals surface area contributed by atoms with Crippen LogP contribution in [0.1, 0.15) is 47.4 Å². The third kappa shape index (κ3) is 3.87. The highest BCUT2D eigenvalue weighted by atomic mass is 35.5. The summed E-state index contributed by atoms with van der Waals surface area (Å²) in [7, 11) is 0. The van der Waals surface area contributed by atoms with Crippen LogP contribution in [0.5, 0.6) is 0 Å². The Morgan fingerprint density at radius 1 is 1.17 bits per heavy atom. The van der Waals surface area contributed by atoms with Gasteiger partial charge in [-0.1, -0.05) is 40.9 Å². The maximum atomic E-state index is 12.8. The van der Waals surface area contributed by atoms with E-state index in [0.29, 0.717) is 33.8 Å². The Morgan fingerprint density at radius 3 is 2.50 bits per heavy atom. The molecule has 0 spiro atoms. The first-order valence-corrected chi connectivity index (χ1v) is 10.6. The van der Waals surface area contributed by atoms with Crippen molar-refractivity contribution >= 4 is 40.8 Å². The molecule has 0 unspecified atom stereocenters. The minimum absolute atomic E-state index is 0.277. The Kier molecular flexibility index (Phi) is 5.66. The standard InChI is InChI=1S/C21H18Cl3N3O3/c1-2-27-13(9-26-10-16(24)19(25-26)11-3-4-11)8-17(28)18(21(29)30)20(27)12-5-6-14(22)15(23)7-12/h5-8,10-11H,2-4,9H2,1H3,(H,29,30). The molecule has 1 saturated carbocycles. The largest absolute Gasteiger partial charge is 0.477 e. The van der Waals surface area contributed by atoms with Crippen LogP contribution in [0.15, 0.2) is 35.3 Å². The number of hydrogen-bond acceptors (Lipinski definition) is 3. The molecule has 1 aliphatic rings. The van der Waals surface area contributed by atoms with Gasteiger partial charge in [-0.15, -0.1) is 0 Å². The van der Waals surface area contributed by atoms with E-state index in [1.165, 1.54) is 6.07 Å². The lowest BCUT2D eigenvalue weighted by Gasteiger charge is -2.20. The van der Waals surface area contributed by atoms with Gasteiger partial charge in [0.05, 0.1) is 33.0 Å². The summed E-state index contributed by atoms with van der Waals surface area (Å²) in [6, 6.07) is 6.15. The molecule has 0 atom stereocenters.